The lowest BCUT2D eigenvalue weighted by molar-refractivity contribution is 0.00284. The van der Waals surface area contributed by atoms with E-state index in [1.165, 1.54) is 11.8 Å². The van der Waals surface area contributed by atoms with Gasteiger partial charge in [-0.3, -0.25) is 4.98 Å². The van der Waals surface area contributed by atoms with E-state index in [1.807, 2.05) is 18.2 Å². The summed E-state index contributed by atoms with van der Waals surface area (Å²) in [5.74, 6) is 0. The van der Waals surface area contributed by atoms with Crippen molar-refractivity contribution in [3.8, 4) is 0 Å². The van der Waals surface area contributed by atoms with Crippen LogP contribution in [0.1, 0.15) is 35.4 Å². The first-order valence-corrected chi connectivity index (χ1v) is 7.59. The monoisotopic (exact) mass is 323 g/mol. The number of rotatable bonds is 3. The van der Waals surface area contributed by atoms with E-state index in [0.717, 1.165) is 12.0 Å². The summed E-state index contributed by atoms with van der Waals surface area (Å²) >= 11 is 11.9. The number of pyridine rings is 1. The topological polar surface area (TPSA) is 42.4 Å². The molecule has 1 aromatic heterocycles. The van der Waals surface area contributed by atoms with Crippen molar-refractivity contribution in [2.45, 2.75) is 25.0 Å². The summed E-state index contributed by atoms with van der Waals surface area (Å²) < 4.78 is 5.80. The molecule has 1 N–H and O–H groups in total. The van der Waals surface area contributed by atoms with E-state index in [0.29, 0.717) is 28.8 Å². The number of hydrogen-bond donors (Lipinski definition) is 1. The van der Waals surface area contributed by atoms with Gasteiger partial charge in [0.25, 0.3) is 0 Å². The number of fused-ring (bicyclic) bond motifs is 1. The van der Waals surface area contributed by atoms with Crippen molar-refractivity contribution in [3.05, 3.63) is 63.4 Å². The highest BCUT2D eigenvalue weighted by Crippen LogP contribution is 2.35. The molecular weight excluding hydrogens is 309 g/mol. The van der Waals surface area contributed by atoms with E-state index in [-0.39, 0.29) is 6.10 Å². The maximum atomic E-state index is 10.4. The second-order valence-corrected chi connectivity index (χ2v) is 5.92. The molecule has 0 bridgehead atoms. The zero-order valence-electron chi connectivity index (χ0n) is 11.3. The summed E-state index contributed by atoms with van der Waals surface area (Å²) in [5, 5.41) is 11.2. The Kier molecular flexibility index (Phi) is 4.45. The number of halogens is 2. The molecule has 1 aromatic carbocycles. The van der Waals surface area contributed by atoms with Gasteiger partial charge in [0.2, 0.25) is 0 Å². The molecule has 0 aliphatic carbocycles. The highest BCUT2D eigenvalue weighted by atomic mass is 35.5. The van der Waals surface area contributed by atoms with Crippen LogP contribution in [0, 0.1) is 0 Å². The Balaban J connectivity index is 1.81. The molecule has 0 fully saturated rings. The lowest BCUT2D eigenvalue weighted by atomic mass is 9.93. The zero-order valence-corrected chi connectivity index (χ0v) is 12.8. The Labute approximate surface area is 133 Å². The number of aromatic nitrogens is 1. The van der Waals surface area contributed by atoms with Gasteiger partial charge in [0.1, 0.15) is 6.10 Å². The van der Waals surface area contributed by atoms with Crippen LogP contribution in [-0.4, -0.2) is 16.7 Å². The van der Waals surface area contributed by atoms with Crippen LogP contribution in [0.2, 0.25) is 10.0 Å². The number of benzene rings is 1. The second-order valence-electron chi connectivity index (χ2n) is 5.08. The van der Waals surface area contributed by atoms with E-state index in [9.17, 15) is 5.11 Å². The molecule has 1 aliphatic heterocycles. The Morgan fingerprint density at radius 3 is 2.95 bits per heavy atom. The van der Waals surface area contributed by atoms with E-state index in [2.05, 4.69) is 11.1 Å². The smallest absolute Gasteiger partial charge is 0.100 e. The van der Waals surface area contributed by atoms with Crippen LogP contribution in [0.3, 0.4) is 0 Å². The first-order valence-electron chi connectivity index (χ1n) is 6.83. The van der Waals surface area contributed by atoms with E-state index < -0.39 is 6.10 Å². The van der Waals surface area contributed by atoms with Crippen molar-refractivity contribution in [2.75, 3.05) is 6.61 Å². The maximum Gasteiger partial charge on any atom is 0.100 e. The van der Waals surface area contributed by atoms with Crippen LogP contribution in [-0.2, 0) is 11.2 Å². The first kappa shape index (κ1) is 14.8. The average molecular weight is 324 g/mol. The summed E-state index contributed by atoms with van der Waals surface area (Å²) in [6.45, 7) is 0.663. The van der Waals surface area contributed by atoms with Crippen molar-refractivity contribution in [2.24, 2.45) is 0 Å². The summed E-state index contributed by atoms with van der Waals surface area (Å²) in [6.07, 6.45) is 1.89. The molecule has 3 rings (SSSR count). The van der Waals surface area contributed by atoms with E-state index in [1.54, 1.807) is 6.07 Å². The quantitative estimate of drug-likeness (QED) is 0.923. The SMILES string of the molecule is OC(CC1OCCc2ccccc21)c1ncc(Cl)cc1Cl. The lowest BCUT2D eigenvalue weighted by Crippen LogP contribution is -2.19. The van der Waals surface area contributed by atoms with E-state index in [4.69, 9.17) is 27.9 Å². The van der Waals surface area contributed by atoms with Crippen molar-refractivity contribution in [1.82, 2.24) is 4.98 Å². The summed E-state index contributed by atoms with van der Waals surface area (Å²) in [4.78, 5) is 4.13. The standard InChI is InChI=1S/C16H15Cl2NO2/c17-11-7-13(18)16(19-9-11)14(20)8-15-12-4-2-1-3-10(12)5-6-21-15/h1-4,7,9,14-15,20H,5-6,8H2. The van der Waals surface area contributed by atoms with Gasteiger partial charge in [0, 0.05) is 12.6 Å². The summed E-state index contributed by atoms with van der Waals surface area (Å²) in [6, 6.07) is 9.74. The fourth-order valence-electron chi connectivity index (χ4n) is 2.66. The molecule has 21 heavy (non-hydrogen) atoms. The number of aliphatic hydroxyl groups excluding tert-OH is 1. The third kappa shape index (κ3) is 3.22. The van der Waals surface area contributed by atoms with E-state index >= 15 is 0 Å². The Hall–Kier alpha value is -1.13. The second kappa shape index (κ2) is 6.32. The third-order valence-electron chi connectivity index (χ3n) is 3.68. The van der Waals surface area contributed by atoms with Crippen LogP contribution in [0.4, 0.5) is 0 Å². The highest BCUT2D eigenvalue weighted by Gasteiger charge is 2.25. The van der Waals surface area contributed by atoms with Crippen LogP contribution in [0.25, 0.3) is 0 Å². The molecule has 110 valence electrons. The summed E-state index contributed by atoms with van der Waals surface area (Å²) in [7, 11) is 0. The van der Waals surface area contributed by atoms with Crippen LogP contribution >= 0.6 is 23.2 Å². The minimum atomic E-state index is -0.786. The molecule has 2 unspecified atom stereocenters. The van der Waals surface area contributed by atoms with Crippen molar-refractivity contribution in [3.63, 3.8) is 0 Å². The third-order valence-corrected chi connectivity index (χ3v) is 4.19. The molecule has 2 aromatic rings. The predicted molar refractivity (Wildman–Crippen MR) is 82.7 cm³/mol. The molecule has 0 amide bonds. The maximum absolute atomic E-state index is 10.4. The van der Waals surface area contributed by atoms with Gasteiger partial charge in [-0.2, -0.15) is 0 Å². The van der Waals surface area contributed by atoms with Gasteiger partial charge in [-0.1, -0.05) is 47.5 Å². The fraction of sp³-hybridized carbons (Fsp3) is 0.312. The van der Waals surface area contributed by atoms with Crippen LogP contribution < -0.4 is 0 Å². The van der Waals surface area contributed by atoms with Gasteiger partial charge >= 0.3 is 0 Å². The van der Waals surface area contributed by atoms with Gasteiger partial charge < -0.3 is 9.84 Å². The minimum absolute atomic E-state index is 0.140. The first-order chi connectivity index (χ1) is 10.1. The number of aliphatic hydroxyl groups is 1. The Bertz CT molecular complexity index is 648. The van der Waals surface area contributed by atoms with Gasteiger partial charge in [0.05, 0.1) is 28.5 Å². The Morgan fingerprint density at radius 1 is 1.33 bits per heavy atom. The van der Waals surface area contributed by atoms with Crippen LogP contribution in [0.5, 0.6) is 0 Å². The predicted octanol–water partition coefficient (Wildman–Crippen LogP) is 4.13. The normalized spacial score (nSPS) is 19.1. The van der Waals surface area contributed by atoms with Crippen LogP contribution in [0.15, 0.2) is 36.5 Å². The summed E-state index contributed by atoms with van der Waals surface area (Å²) in [5.41, 5.74) is 2.84. The van der Waals surface area contributed by atoms with Crippen molar-refractivity contribution >= 4 is 23.2 Å². The lowest BCUT2D eigenvalue weighted by Gasteiger charge is -2.27. The van der Waals surface area contributed by atoms with Crippen molar-refractivity contribution in [1.29, 1.82) is 0 Å². The molecule has 5 heteroatoms. The van der Waals surface area contributed by atoms with Crippen molar-refractivity contribution < 1.29 is 9.84 Å². The largest absolute Gasteiger partial charge is 0.387 e. The molecule has 3 nitrogen and oxygen atoms in total. The minimum Gasteiger partial charge on any atom is -0.387 e. The number of ether oxygens (including phenoxy) is 1. The highest BCUT2D eigenvalue weighted by molar-refractivity contribution is 6.34. The molecule has 0 saturated carbocycles. The number of nitrogens with zero attached hydrogens (tertiary/aromatic N) is 1. The molecule has 0 spiro atoms. The van der Waals surface area contributed by atoms with Gasteiger partial charge in [-0.15, -0.1) is 0 Å². The Morgan fingerprint density at radius 2 is 2.14 bits per heavy atom. The molecule has 2 heterocycles. The van der Waals surface area contributed by atoms with Gasteiger partial charge in [-0.25, -0.2) is 0 Å². The fourth-order valence-corrected chi connectivity index (χ4v) is 3.16. The molecular formula is C16H15Cl2NO2. The average Bonchev–Trinajstić information content (AvgIpc) is 2.47. The molecule has 0 saturated heterocycles. The molecule has 2 atom stereocenters. The van der Waals surface area contributed by atoms with Gasteiger partial charge in [-0.05, 0) is 23.6 Å². The number of hydrogen-bond acceptors (Lipinski definition) is 3. The molecule has 0 radical (unpaired) electrons. The zero-order chi connectivity index (χ0) is 14.8. The van der Waals surface area contributed by atoms with Gasteiger partial charge in [0.15, 0.2) is 0 Å². The molecule has 1 aliphatic rings.